The summed E-state index contributed by atoms with van der Waals surface area (Å²) in [6, 6.07) is 0. The molecule has 0 aromatic heterocycles. The highest BCUT2D eigenvalue weighted by molar-refractivity contribution is 8.75. The molecule has 0 aliphatic rings. The SMILES string of the molecule is C.C#CCCCOCCOCC=C.C=CCOCCOCCCC#C[Si](C)(C)C.S=S=S=S=S=S=S=S=S=S=S=S. The average molecular weight is 810 g/mol. The molecule has 0 saturated heterocycles. The minimum atomic E-state index is -1.18. The van der Waals surface area contributed by atoms with E-state index < -0.39 is 8.07 Å². The maximum atomic E-state index is 5.40. The van der Waals surface area contributed by atoms with E-state index in [0.717, 1.165) is 38.9 Å². The number of rotatable bonds is 16. The zero-order valence-electron chi connectivity index (χ0n) is 23.2. The summed E-state index contributed by atoms with van der Waals surface area (Å²) in [4.78, 5) is 0. The van der Waals surface area contributed by atoms with Crippen LogP contribution in [0.1, 0.15) is 33.1 Å². The standard InChI is InChI=1S/C13H24O2Si.C10H16O2.CH4.S12/c1-5-9-14-11-12-15-10-7-6-8-13-16(2,3)4;1-3-5-6-8-12-10-9-11-7-4-2;;1-3-5-7-9-11-12-10-8-6-4-2/h5H,1,6-7,9-12H2,2-4H3;1,4H,2,5-10H2;1H4;. The van der Waals surface area contributed by atoms with Crippen molar-refractivity contribution in [2.24, 2.45) is 0 Å². The monoisotopic (exact) mass is 808 g/mol. The second-order valence-electron chi connectivity index (χ2n) is 7.60. The van der Waals surface area contributed by atoms with E-state index in [1.807, 2.05) is 0 Å². The van der Waals surface area contributed by atoms with Gasteiger partial charge in [-0.15, -0.1) is 37.0 Å². The van der Waals surface area contributed by atoms with Crippen molar-refractivity contribution in [1.29, 1.82) is 0 Å². The van der Waals surface area contributed by atoms with Crippen molar-refractivity contribution < 1.29 is 18.9 Å². The van der Waals surface area contributed by atoms with Gasteiger partial charge >= 0.3 is 0 Å². The van der Waals surface area contributed by atoms with E-state index in [0.29, 0.717) is 39.6 Å². The first kappa shape index (κ1) is 49.2. The molecule has 0 amide bonds. The smallest absolute Gasteiger partial charge is 0.129 e. The third-order valence-corrected chi connectivity index (χ3v) is 24.1. The second-order valence-corrected chi connectivity index (χ2v) is 30.0. The van der Waals surface area contributed by atoms with Gasteiger partial charge in [-0.05, 0) is 12.8 Å². The average Bonchev–Trinajstić information content (AvgIpc) is 2.93. The third-order valence-electron chi connectivity index (χ3n) is 3.13. The van der Waals surface area contributed by atoms with Crippen molar-refractivity contribution in [3.63, 3.8) is 0 Å². The van der Waals surface area contributed by atoms with Crippen LogP contribution in [0.4, 0.5) is 0 Å². The van der Waals surface area contributed by atoms with Crippen LogP contribution in [0.2, 0.25) is 19.6 Å². The van der Waals surface area contributed by atoms with Gasteiger partial charge in [-0.1, -0.05) is 39.2 Å². The molecule has 0 saturated carbocycles. The van der Waals surface area contributed by atoms with Crippen LogP contribution < -0.4 is 0 Å². The molecule has 0 fully saturated rings. The summed E-state index contributed by atoms with van der Waals surface area (Å²) in [6.45, 7) is 19.1. The van der Waals surface area contributed by atoms with E-state index in [1.165, 1.54) is 17.8 Å². The summed E-state index contributed by atoms with van der Waals surface area (Å²) in [7, 11) is 15.1. The lowest BCUT2D eigenvalue weighted by atomic mass is 10.3. The first-order chi connectivity index (χ1) is 19.4. The fraction of sp³-hybridized carbons (Fsp3) is 0.667. The van der Waals surface area contributed by atoms with Crippen molar-refractivity contribution in [2.45, 2.75) is 52.8 Å². The Labute approximate surface area is 289 Å². The maximum absolute atomic E-state index is 5.40. The van der Waals surface area contributed by atoms with E-state index in [9.17, 15) is 0 Å². The molecule has 41 heavy (non-hydrogen) atoms. The Morgan fingerprint density at radius 1 is 0.659 bits per heavy atom. The second kappa shape index (κ2) is 45.7. The predicted octanol–water partition coefficient (Wildman–Crippen LogP) is 5.09. The molecule has 0 spiro atoms. The molecule has 17 heteroatoms. The molecular formula is C24H44O4S12Si. The van der Waals surface area contributed by atoms with Gasteiger partial charge in [0, 0.05) is 137 Å². The summed E-state index contributed by atoms with van der Waals surface area (Å²) in [6.07, 6.45) is 12.2. The lowest BCUT2D eigenvalue weighted by Gasteiger charge is -2.04. The Morgan fingerprint density at radius 2 is 1.05 bits per heavy atom. The van der Waals surface area contributed by atoms with E-state index in [-0.39, 0.29) is 7.43 Å². The third kappa shape index (κ3) is 61.1. The van der Waals surface area contributed by atoms with E-state index in [2.05, 4.69) is 72.6 Å². The van der Waals surface area contributed by atoms with E-state index in [4.69, 9.17) is 25.4 Å². The summed E-state index contributed by atoms with van der Waals surface area (Å²) in [5, 5.41) is 0. The summed E-state index contributed by atoms with van der Waals surface area (Å²) in [5.74, 6) is 5.78. The van der Waals surface area contributed by atoms with Crippen molar-refractivity contribution in [3.05, 3.63) is 25.3 Å². The molecule has 0 aliphatic heterocycles. The Morgan fingerprint density at radius 3 is 1.41 bits per heavy atom. The first-order valence-corrected chi connectivity index (χ1v) is 29.9. The van der Waals surface area contributed by atoms with Crippen LogP contribution >= 0.6 is 0 Å². The zero-order chi connectivity index (χ0) is 30.4. The van der Waals surface area contributed by atoms with Gasteiger partial charge in [-0.25, -0.2) is 0 Å². The van der Waals surface area contributed by atoms with Gasteiger partial charge in [0.05, 0.1) is 39.6 Å². The fourth-order valence-corrected chi connectivity index (χ4v) is 24.3. The van der Waals surface area contributed by atoms with Crippen LogP contribution in [0.15, 0.2) is 25.3 Å². The topological polar surface area (TPSA) is 36.9 Å². The highest BCUT2D eigenvalue weighted by Crippen LogP contribution is 1.97. The normalized spacial score (nSPS) is 8.93. The minimum absolute atomic E-state index is 0. The molecule has 0 aromatic carbocycles. The molecule has 0 heterocycles. The summed E-state index contributed by atoms with van der Waals surface area (Å²) in [5.41, 5.74) is 3.34. The highest BCUT2D eigenvalue weighted by atomic mass is 33.4. The van der Waals surface area contributed by atoms with Crippen molar-refractivity contribution >= 4 is 119 Å². The molecule has 0 radical (unpaired) electrons. The van der Waals surface area contributed by atoms with Gasteiger partial charge in [0.1, 0.15) is 8.07 Å². The Bertz CT molecular complexity index is 1120. The number of hydrogen-bond donors (Lipinski definition) is 0. The van der Waals surface area contributed by atoms with Crippen LogP contribution in [0.3, 0.4) is 0 Å². The molecule has 0 rings (SSSR count). The van der Waals surface area contributed by atoms with Crippen LogP contribution in [0, 0.1) is 23.8 Å². The highest BCUT2D eigenvalue weighted by Gasteiger charge is 2.06. The Kier molecular flexibility index (Phi) is 54.8. The maximum Gasteiger partial charge on any atom is 0.129 e. The predicted molar refractivity (Wildman–Crippen MR) is 217 cm³/mol. The largest absolute Gasteiger partial charge is 0.379 e. The quantitative estimate of drug-likeness (QED) is 0.0938. The molecule has 0 bridgehead atoms. The first-order valence-electron chi connectivity index (χ1n) is 11.8. The lowest BCUT2D eigenvalue weighted by Crippen LogP contribution is -2.16. The minimum Gasteiger partial charge on any atom is -0.379 e. The summed E-state index contributed by atoms with van der Waals surface area (Å²) >= 11 is 9.38. The van der Waals surface area contributed by atoms with Gasteiger partial charge in [0.2, 0.25) is 0 Å². The molecule has 0 N–H and O–H groups in total. The van der Waals surface area contributed by atoms with Gasteiger partial charge in [-0.2, -0.15) is 0 Å². The number of ether oxygens (including phenoxy) is 4. The molecule has 240 valence electrons. The molecule has 4 nitrogen and oxygen atoms in total. The number of terminal acetylenes is 1. The number of unbranched alkanes of at least 4 members (excludes halogenated alkanes) is 2. The Hall–Kier alpha value is 1.30. The molecule has 0 atom stereocenters. The van der Waals surface area contributed by atoms with Crippen LogP contribution in [-0.2, 0) is 130 Å². The van der Waals surface area contributed by atoms with Crippen LogP contribution in [0.25, 0.3) is 0 Å². The zero-order valence-corrected chi connectivity index (χ0v) is 34.0. The van der Waals surface area contributed by atoms with Gasteiger partial charge < -0.3 is 18.9 Å². The lowest BCUT2D eigenvalue weighted by molar-refractivity contribution is 0.0579. The number of hydrogen-bond acceptors (Lipinski definition) is 6. The van der Waals surface area contributed by atoms with Crippen LogP contribution in [0.5, 0.6) is 0 Å². The molecule has 0 aliphatic carbocycles. The molecule has 0 aromatic rings. The Balaban J connectivity index is -0.000000251. The van der Waals surface area contributed by atoms with E-state index in [1.54, 1.807) is 83.2 Å². The van der Waals surface area contributed by atoms with Gasteiger partial charge in [-0.3, -0.25) is 0 Å². The van der Waals surface area contributed by atoms with E-state index >= 15 is 0 Å². The van der Waals surface area contributed by atoms with Gasteiger partial charge in [0.15, 0.2) is 0 Å². The summed E-state index contributed by atoms with van der Waals surface area (Å²) < 4.78 is 20.9. The van der Waals surface area contributed by atoms with Crippen molar-refractivity contribution in [1.82, 2.24) is 0 Å². The fourth-order valence-electron chi connectivity index (χ4n) is 1.73. The van der Waals surface area contributed by atoms with Crippen LogP contribution in [-0.4, -0.2) is 60.9 Å². The van der Waals surface area contributed by atoms with Gasteiger partial charge in [0.25, 0.3) is 0 Å². The molecular weight excluding hydrogens is 765 g/mol. The molecule has 0 unspecified atom stereocenters. The van der Waals surface area contributed by atoms with Crippen molar-refractivity contribution in [2.75, 3.05) is 52.9 Å². The van der Waals surface area contributed by atoms with Crippen molar-refractivity contribution in [3.8, 4) is 23.8 Å².